The highest BCUT2D eigenvalue weighted by molar-refractivity contribution is 6.01. The number of aliphatic hydroxyl groups excluding tert-OH is 1. The minimum atomic E-state index is -0.882. The van der Waals surface area contributed by atoms with Gasteiger partial charge in [0.15, 0.2) is 5.69 Å². The quantitative estimate of drug-likeness (QED) is 0.173. The molecule has 1 aliphatic heterocycles. The summed E-state index contributed by atoms with van der Waals surface area (Å²) in [6.07, 6.45) is 4.25. The molecule has 50 heavy (non-hydrogen) atoms. The summed E-state index contributed by atoms with van der Waals surface area (Å²) in [6, 6.07) is 23.7. The maximum atomic E-state index is 14.7. The Labute approximate surface area is 294 Å². The van der Waals surface area contributed by atoms with E-state index in [4.69, 9.17) is 5.10 Å². The molecule has 1 unspecified atom stereocenters. The summed E-state index contributed by atoms with van der Waals surface area (Å²) < 4.78 is 1.62. The number of nitrogens with zero attached hydrogens (tertiary/aromatic N) is 5. The molecule has 5 rings (SSSR count). The largest absolute Gasteiger partial charge is 0.394 e. The molecule has 0 aliphatic carbocycles. The van der Waals surface area contributed by atoms with Crippen molar-refractivity contribution in [2.75, 3.05) is 25.0 Å². The third-order valence-electron chi connectivity index (χ3n) is 9.37. The van der Waals surface area contributed by atoms with Crippen LogP contribution in [0.5, 0.6) is 0 Å². The fourth-order valence-electron chi connectivity index (χ4n) is 6.46. The van der Waals surface area contributed by atoms with Gasteiger partial charge in [-0.2, -0.15) is 10.4 Å². The van der Waals surface area contributed by atoms with E-state index in [0.29, 0.717) is 59.9 Å². The number of benzene rings is 3. The molecule has 0 spiro atoms. The molecule has 0 fully saturated rings. The van der Waals surface area contributed by atoms with Gasteiger partial charge in [0.25, 0.3) is 11.8 Å². The lowest BCUT2D eigenvalue weighted by atomic mass is 9.84. The van der Waals surface area contributed by atoms with E-state index in [1.165, 1.54) is 0 Å². The topological polar surface area (TPSA) is 132 Å². The van der Waals surface area contributed by atoms with Crippen molar-refractivity contribution < 1.29 is 19.5 Å². The van der Waals surface area contributed by atoms with Gasteiger partial charge in [-0.25, -0.2) is 4.68 Å². The predicted molar refractivity (Wildman–Crippen MR) is 193 cm³/mol. The van der Waals surface area contributed by atoms with E-state index in [-0.39, 0.29) is 36.3 Å². The van der Waals surface area contributed by atoms with Crippen LogP contribution >= 0.6 is 0 Å². The molecule has 10 nitrogen and oxygen atoms in total. The monoisotopic (exact) mass is 674 g/mol. The highest BCUT2D eigenvalue weighted by Gasteiger charge is 2.40. The molecule has 1 aliphatic rings. The molecule has 0 radical (unpaired) electrons. The first-order chi connectivity index (χ1) is 24.1. The van der Waals surface area contributed by atoms with Gasteiger partial charge >= 0.3 is 0 Å². The molecule has 3 aromatic carbocycles. The standard InChI is InChI=1S/C40H46N6O4/c1-5-7-18-44(19-8-6-2)39(50)35-20-28(3)46(43-35)36-17-16-33(42-37(48)22-29-12-11-13-30(21-29)25-41)23-34(36)38(49)45-26-32-15-10-9-14-31(32)24-40(45,4)27-47/h9-17,20-21,23,47H,5-8,18-19,22,24,26-27H2,1-4H3,(H,42,48). The number of hydrogen-bond acceptors (Lipinski definition) is 6. The zero-order chi connectivity index (χ0) is 35.8. The van der Waals surface area contributed by atoms with Crippen LogP contribution in [0.4, 0.5) is 5.69 Å². The fourth-order valence-corrected chi connectivity index (χ4v) is 6.46. The average molecular weight is 675 g/mol. The average Bonchev–Trinajstić information content (AvgIpc) is 3.51. The van der Waals surface area contributed by atoms with Gasteiger partial charge < -0.3 is 20.2 Å². The van der Waals surface area contributed by atoms with Gasteiger partial charge in [0.05, 0.1) is 41.5 Å². The number of nitriles is 1. The summed E-state index contributed by atoms with van der Waals surface area (Å²) in [5, 5.41) is 27.6. The maximum absolute atomic E-state index is 14.7. The molecule has 1 aromatic heterocycles. The smallest absolute Gasteiger partial charge is 0.274 e. The summed E-state index contributed by atoms with van der Waals surface area (Å²) >= 11 is 0. The lowest BCUT2D eigenvalue weighted by Gasteiger charge is -2.44. The zero-order valence-corrected chi connectivity index (χ0v) is 29.4. The van der Waals surface area contributed by atoms with Gasteiger partial charge in [-0.15, -0.1) is 0 Å². The van der Waals surface area contributed by atoms with Crippen molar-refractivity contribution in [3.05, 3.63) is 112 Å². The SMILES string of the molecule is CCCCN(CCCC)C(=O)c1cc(C)n(-c2ccc(NC(=O)Cc3cccc(C#N)c3)cc2C(=O)N2Cc3ccccc3CC2(C)CO)n1. The van der Waals surface area contributed by atoms with Crippen molar-refractivity contribution in [1.29, 1.82) is 5.26 Å². The van der Waals surface area contributed by atoms with E-state index in [1.54, 1.807) is 58.1 Å². The number of fused-ring (bicyclic) bond motifs is 1. The maximum Gasteiger partial charge on any atom is 0.274 e. The van der Waals surface area contributed by atoms with Gasteiger partial charge in [-0.3, -0.25) is 14.4 Å². The number of unbranched alkanes of at least 4 members (excludes halogenated alkanes) is 2. The van der Waals surface area contributed by atoms with Crippen LogP contribution in [0, 0.1) is 18.3 Å². The van der Waals surface area contributed by atoms with Gasteiger partial charge in [0.1, 0.15) is 0 Å². The van der Waals surface area contributed by atoms with Crippen LogP contribution in [0.1, 0.15) is 95.2 Å². The summed E-state index contributed by atoms with van der Waals surface area (Å²) in [4.78, 5) is 45.2. The molecule has 260 valence electrons. The van der Waals surface area contributed by atoms with Crippen LogP contribution < -0.4 is 5.32 Å². The molecule has 2 N–H and O–H groups in total. The van der Waals surface area contributed by atoms with E-state index in [2.05, 4.69) is 25.2 Å². The molecule has 0 saturated heterocycles. The highest BCUT2D eigenvalue weighted by atomic mass is 16.3. The summed E-state index contributed by atoms with van der Waals surface area (Å²) in [5.74, 6) is -0.786. The number of nitrogens with one attached hydrogen (secondary N) is 1. The van der Waals surface area contributed by atoms with Gasteiger partial charge in [0, 0.05) is 31.0 Å². The Kier molecular flexibility index (Phi) is 11.5. The van der Waals surface area contributed by atoms with Crippen LogP contribution in [0.25, 0.3) is 5.69 Å². The van der Waals surface area contributed by atoms with Gasteiger partial charge in [0.2, 0.25) is 5.91 Å². The Morgan fingerprint density at radius 1 is 0.980 bits per heavy atom. The van der Waals surface area contributed by atoms with Crippen molar-refractivity contribution >= 4 is 23.4 Å². The third kappa shape index (κ3) is 7.95. The Morgan fingerprint density at radius 2 is 1.70 bits per heavy atom. The van der Waals surface area contributed by atoms with Crippen molar-refractivity contribution in [2.45, 2.75) is 78.3 Å². The number of carbonyl (C=O) groups excluding carboxylic acids is 3. The molecule has 4 aromatic rings. The molecular weight excluding hydrogens is 628 g/mol. The number of aliphatic hydroxyl groups is 1. The number of carbonyl (C=O) groups is 3. The minimum Gasteiger partial charge on any atom is -0.394 e. The minimum absolute atomic E-state index is 0.0440. The predicted octanol–water partition coefficient (Wildman–Crippen LogP) is 6.23. The summed E-state index contributed by atoms with van der Waals surface area (Å²) in [5.41, 5.74) is 4.47. The first-order valence-electron chi connectivity index (χ1n) is 17.4. The lowest BCUT2D eigenvalue weighted by Crippen LogP contribution is -2.55. The van der Waals surface area contributed by atoms with E-state index in [0.717, 1.165) is 36.8 Å². The number of hydrogen-bond donors (Lipinski definition) is 2. The van der Waals surface area contributed by atoms with Crippen LogP contribution in [0.3, 0.4) is 0 Å². The fraction of sp³-hybridized carbons (Fsp3) is 0.375. The zero-order valence-electron chi connectivity index (χ0n) is 29.4. The molecular formula is C40H46N6O4. The number of aromatic nitrogens is 2. The first kappa shape index (κ1) is 36.0. The Hall–Kier alpha value is -5.27. The van der Waals surface area contributed by atoms with Crippen LogP contribution in [0.15, 0.2) is 72.8 Å². The Balaban J connectivity index is 1.54. The molecule has 10 heteroatoms. The molecule has 3 amide bonds. The highest BCUT2D eigenvalue weighted by Crippen LogP contribution is 2.34. The Morgan fingerprint density at radius 3 is 2.38 bits per heavy atom. The number of aryl methyl sites for hydroxylation is 1. The summed E-state index contributed by atoms with van der Waals surface area (Å²) in [6.45, 7) is 9.27. The molecule has 2 heterocycles. The van der Waals surface area contributed by atoms with Gasteiger partial charge in [-0.05, 0) is 86.2 Å². The van der Waals surface area contributed by atoms with Crippen molar-refractivity contribution in [3.63, 3.8) is 0 Å². The molecule has 0 saturated carbocycles. The molecule has 1 atom stereocenters. The second-order valence-corrected chi connectivity index (χ2v) is 13.3. The second-order valence-electron chi connectivity index (χ2n) is 13.3. The second kappa shape index (κ2) is 16.0. The first-order valence-corrected chi connectivity index (χ1v) is 17.4. The normalized spacial score (nSPS) is 15.2. The van der Waals surface area contributed by atoms with Crippen molar-refractivity contribution in [3.8, 4) is 11.8 Å². The van der Waals surface area contributed by atoms with E-state index in [1.807, 2.05) is 43.0 Å². The Bertz CT molecular complexity index is 1900. The van der Waals surface area contributed by atoms with Crippen LogP contribution in [0.2, 0.25) is 0 Å². The third-order valence-corrected chi connectivity index (χ3v) is 9.37. The van der Waals surface area contributed by atoms with E-state index in [9.17, 15) is 24.8 Å². The van der Waals surface area contributed by atoms with E-state index < -0.39 is 5.54 Å². The van der Waals surface area contributed by atoms with Gasteiger partial charge in [-0.1, -0.05) is 63.1 Å². The van der Waals surface area contributed by atoms with Crippen LogP contribution in [-0.4, -0.2) is 67.6 Å². The van der Waals surface area contributed by atoms with E-state index >= 15 is 0 Å². The van der Waals surface area contributed by atoms with Crippen LogP contribution in [-0.2, 0) is 24.2 Å². The molecule has 0 bridgehead atoms. The number of rotatable bonds is 13. The van der Waals surface area contributed by atoms with Crippen molar-refractivity contribution in [2.24, 2.45) is 0 Å². The lowest BCUT2D eigenvalue weighted by molar-refractivity contribution is -0.115. The van der Waals surface area contributed by atoms with Crippen molar-refractivity contribution in [1.82, 2.24) is 19.6 Å². The summed E-state index contributed by atoms with van der Waals surface area (Å²) in [7, 11) is 0. The number of anilines is 1. The number of amides is 3.